The molecule has 0 atom stereocenters. The zero-order valence-corrected chi connectivity index (χ0v) is 15.8. The van der Waals surface area contributed by atoms with Gasteiger partial charge >= 0.3 is 0 Å². The molecule has 5 heteroatoms. The molecular formula is C20H31F2N3. The van der Waals surface area contributed by atoms with Crippen LogP contribution in [-0.4, -0.2) is 61.7 Å². The van der Waals surface area contributed by atoms with Gasteiger partial charge in [0, 0.05) is 51.4 Å². The summed E-state index contributed by atoms with van der Waals surface area (Å²) < 4.78 is 28.8. The first-order chi connectivity index (χ1) is 12.0. The molecule has 0 radical (unpaired) electrons. The summed E-state index contributed by atoms with van der Waals surface area (Å²) in [4.78, 5) is 7.09. The zero-order chi connectivity index (χ0) is 18.0. The van der Waals surface area contributed by atoms with Crippen molar-refractivity contribution in [3.63, 3.8) is 0 Å². The van der Waals surface area contributed by atoms with Crippen LogP contribution in [0.3, 0.4) is 0 Å². The molecule has 0 aliphatic carbocycles. The number of nitrogens with zero attached hydrogens (tertiary/aromatic N) is 3. The molecule has 2 aliphatic heterocycles. The average Bonchev–Trinajstić information content (AvgIpc) is 2.63. The highest BCUT2D eigenvalue weighted by Crippen LogP contribution is 2.30. The Labute approximate surface area is 150 Å². The topological polar surface area (TPSA) is 9.72 Å². The number of benzene rings is 1. The van der Waals surface area contributed by atoms with Crippen molar-refractivity contribution >= 4 is 5.69 Å². The van der Waals surface area contributed by atoms with E-state index in [0.717, 1.165) is 58.7 Å². The summed E-state index contributed by atoms with van der Waals surface area (Å²) in [5.74, 6) is -0.583. The number of anilines is 1. The smallest absolute Gasteiger partial charge is 0.146 e. The van der Waals surface area contributed by atoms with Crippen molar-refractivity contribution in [2.45, 2.75) is 45.6 Å². The SMILES string of the molecule is CCN1CCN(C2CCN(c3cc(F)c(C(C)C)cc3F)CC2)CC1. The molecule has 2 heterocycles. The van der Waals surface area contributed by atoms with Crippen LogP contribution in [0, 0.1) is 11.6 Å². The van der Waals surface area contributed by atoms with Gasteiger partial charge in [-0.3, -0.25) is 4.90 Å². The van der Waals surface area contributed by atoms with Crippen LogP contribution >= 0.6 is 0 Å². The van der Waals surface area contributed by atoms with Crippen LogP contribution in [0.4, 0.5) is 14.5 Å². The molecule has 0 aromatic heterocycles. The molecule has 1 aromatic rings. The Morgan fingerprint density at radius 1 is 0.960 bits per heavy atom. The largest absolute Gasteiger partial charge is 0.369 e. The van der Waals surface area contributed by atoms with Gasteiger partial charge in [-0.05, 0) is 36.9 Å². The molecule has 1 aromatic carbocycles. The molecule has 0 unspecified atom stereocenters. The number of piperazine rings is 1. The van der Waals surface area contributed by atoms with E-state index in [0.29, 0.717) is 17.3 Å². The molecule has 0 saturated carbocycles. The van der Waals surface area contributed by atoms with Crippen LogP contribution in [0.5, 0.6) is 0 Å². The molecule has 0 N–H and O–H groups in total. The van der Waals surface area contributed by atoms with Crippen molar-refractivity contribution < 1.29 is 8.78 Å². The second-order valence-corrected chi connectivity index (χ2v) is 7.67. The first-order valence-electron chi connectivity index (χ1n) is 9.70. The molecule has 0 bridgehead atoms. The van der Waals surface area contributed by atoms with E-state index in [4.69, 9.17) is 0 Å². The highest BCUT2D eigenvalue weighted by atomic mass is 19.1. The van der Waals surface area contributed by atoms with E-state index in [-0.39, 0.29) is 17.6 Å². The van der Waals surface area contributed by atoms with Crippen molar-refractivity contribution in [2.75, 3.05) is 50.7 Å². The normalized spacial score (nSPS) is 21.3. The van der Waals surface area contributed by atoms with Crippen LogP contribution in [-0.2, 0) is 0 Å². The van der Waals surface area contributed by atoms with Crippen molar-refractivity contribution in [2.24, 2.45) is 0 Å². The van der Waals surface area contributed by atoms with Crippen molar-refractivity contribution in [3.8, 4) is 0 Å². The van der Waals surface area contributed by atoms with Crippen LogP contribution in [0.25, 0.3) is 0 Å². The van der Waals surface area contributed by atoms with E-state index in [2.05, 4.69) is 16.7 Å². The van der Waals surface area contributed by atoms with Crippen molar-refractivity contribution in [1.82, 2.24) is 9.80 Å². The van der Waals surface area contributed by atoms with E-state index in [9.17, 15) is 8.78 Å². The summed E-state index contributed by atoms with van der Waals surface area (Å²) >= 11 is 0. The first kappa shape index (κ1) is 18.6. The molecule has 3 rings (SSSR count). The highest BCUT2D eigenvalue weighted by Gasteiger charge is 2.28. The van der Waals surface area contributed by atoms with Gasteiger partial charge in [0.25, 0.3) is 0 Å². The minimum absolute atomic E-state index is 0.00364. The Hall–Kier alpha value is -1.20. The summed E-state index contributed by atoms with van der Waals surface area (Å²) in [6.45, 7) is 13.3. The first-order valence-corrected chi connectivity index (χ1v) is 9.70. The summed E-state index contributed by atoms with van der Waals surface area (Å²) in [6, 6.07) is 3.36. The predicted molar refractivity (Wildman–Crippen MR) is 99.4 cm³/mol. The minimum Gasteiger partial charge on any atom is -0.369 e. The molecule has 25 heavy (non-hydrogen) atoms. The maximum atomic E-state index is 14.5. The van der Waals surface area contributed by atoms with E-state index in [1.807, 2.05) is 18.7 Å². The fourth-order valence-electron chi connectivity index (χ4n) is 4.15. The number of halogens is 2. The van der Waals surface area contributed by atoms with Gasteiger partial charge < -0.3 is 9.80 Å². The third-order valence-corrected chi connectivity index (χ3v) is 5.86. The molecule has 0 spiro atoms. The lowest BCUT2D eigenvalue weighted by atomic mass is 9.99. The number of rotatable bonds is 4. The summed E-state index contributed by atoms with van der Waals surface area (Å²) in [6.07, 6.45) is 2.05. The molecule has 140 valence electrons. The summed E-state index contributed by atoms with van der Waals surface area (Å²) in [5.41, 5.74) is 0.890. The van der Waals surface area contributed by atoms with Crippen LogP contribution in [0.15, 0.2) is 12.1 Å². The second-order valence-electron chi connectivity index (χ2n) is 7.67. The van der Waals surface area contributed by atoms with Gasteiger partial charge in [-0.25, -0.2) is 8.78 Å². The highest BCUT2D eigenvalue weighted by molar-refractivity contribution is 5.50. The number of piperidine rings is 1. The van der Waals surface area contributed by atoms with Gasteiger partial charge in [0.15, 0.2) is 0 Å². The van der Waals surface area contributed by atoms with Crippen LogP contribution in [0.1, 0.15) is 45.1 Å². The zero-order valence-electron chi connectivity index (χ0n) is 15.8. The summed E-state index contributed by atoms with van der Waals surface area (Å²) in [7, 11) is 0. The number of likely N-dealkylation sites (N-methyl/N-ethyl adjacent to an activating group) is 1. The van der Waals surface area contributed by atoms with Gasteiger partial charge in [-0.15, -0.1) is 0 Å². The Kier molecular flexibility index (Phi) is 5.95. The van der Waals surface area contributed by atoms with Crippen molar-refractivity contribution in [1.29, 1.82) is 0 Å². The Balaban J connectivity index is 1.60. The molecule has 3 nitrogen and oxygen atoms in total. The Morgan fingerprint density at radius 3 is 2.16 bits per heavy atom. The fraction of sp³-hybridized carbons (Fsp3) is 0.700. The van der Waals surface area contributed by atoms with Crippen molar-refractivity contribution in [3.05, 3.63) is 29.3 Å². The molecule has 2 saturated heterocycles. The Bertz CT molecular complexity index is 575. The number of hydrogen-bond acceptors (Lipinski definition) is 3. The van der Waals surface area contributed by atoms with Gasteiger partial charge in [-0.1, -0.05) is 20.8 Å². The quantitative estimate of drug-likeness (QED) is 0.819. The predicted octanol–water partition coefficient (Wildman–Crippen LogP) is 3.69. The fourth-order valence-corrected chi connectivity index (χ4v) is 4.15. The molecule has 0 amide bonds. The van der Waals surface area contributed by atoms with E-state index in [1.165, 1.54) is 12.1 Å². The lowest BCUT2D eigenvalue weighted by molar-refractivity contribution is 0.0878. The number of hydrogen-bond donors (Lipinski definition) is 0. The lowest BCUT2D eigenvalue weighted by Gasteiger charge is -2.43. The van der Waals surface area contributed by atoms with Gasteiger partial charge in [0.1, 0.15) is 11.6 Å². The van der Waals surface area contributed by atoms with E-state index < -0.39 is 0 Å². The van der Waals surface area contributed by atoms with E-state index in [1.54, 1.807) is 0 Å². The van der Waals surface area contributed by atoms with E-state index >= 15 is 0 Å². The maximum absolute atomic E-state index is 14.5. The van der Waals surface area contributed by atoms with Crippen LogP contribution < -0.4 is 4.90 Å². The standard InChI is InChI=1S/C20H31F2N3/c1-4-23-9-11-24(12-10-23)16-5-7-25(8-6-16)20-14-18(21)17(15(2)3)13-19(20)22/h13-16H,4-12H2,1-3H3. The average molecular weight is 351 g/mol. The Morgan fingerprint density at radius 2 is 1.60 bits per heavy atom. The second kappa shape index (κ2) is 8.00. The monoisotopic (exact) mass is 351 g/mol. The minimum atomic E-state index is -0.292. The van der Waals surface area contributed by atoms with Crippen LogP contribution in [0.2, 0.25) is 0 Å². The molecule has 2 fully saturated rings. The maximum Gasteiger partial charge on any atom is 0.146 e. The lowest BCUT2D eigenvalue weighted by Crippen LogP contribution is -2.53. The van der Waals surface area contributed by atoms with Gasteiger partial charge in [0.05, 0.1) is 5.69 Å². The summed E-state index contributed by atoms with van der Waals surface area (Å²) in [5, 5.41) is 0. The third-order valence-electron chi connectivity index (χ3n) is 5.86. The molecule has 2 aliphatic rings. The van der Waals surface area contributed by atoms with Gasteiger partial charge in [0.2, 0.25) is 0 Å². The van der Waals surface area contributed by atoms with Gasteiger partial charge in [-0.2, -0.15) is 0 Å². The third kappa shape index (κ3) is 4.14. The molecular weight excluding hydrogens is 320 g/mol.